The topological polar surface area (TPSA) is 52.3 Å². The summed E-state index contributed by atoms with van der Waals surface area (Å²) in [4.78, 5) is 10.6. The van der Waals surface area contributed by atoms with Crippen LogP contribution in [0.2, 0.25) is 0 Å². The monoisotopic (exact) mass is 181 g/mol. The van der Waals surface area contributed by atoms with E-state index in [1.54, 1.807) is 0 Å². The highest BCUT2D eigenvalue weighted by molar-refractivity contribution is 5.74. The minimum atomic E-state index is 0.200. The van der Waals surface area contributed by atoms with E-state index in [4.69, 9.17) is 9.26 Å². The number of aldehydes is 1. The van der Waals surface area contributed by atoms with E-state index in [1.807, 2.05) is 0 Å². The summed E-state index contributed by atoms with van der Waals surface area (Å²) in [7, 11) is 0. The highest BCUT2D eigenvalue weighted by Gasteiger charge is 2.24. The fourth-order valence-corrected chi connectivity index (χ4v) is 1.52. The number of nitrogens with zero attached hydrogens (tertiary/aromatic N) is 1. The Morgan fingerprint density at radius 1 is 1.69 bits per heavy atom. The van der Waals surface area contributed by atoms with Crippen LogP contribution in [0, 0.1) is 0 Å². The molecule has 0 spiro atoms. The van der Waals surface area contributed by atoms with E-state index >= 15 is 0 Å². The molecule has 1 aliphatic rings. The van der Waals surface area contributed by atoms with Crippen LogP contribution in [0.5, 0.6) is 0 Å². The summed E-state index contributed by atoms with van der Waals surface area (Å²) in [5, 5.41) is 3.66. The molecule has 2 heterocycles. The van der Waals surface area contributed by atoms with Crippen LogP contribution in [0.15, 0.2) is 4.52 Å². The number of carbonyl (C=O) groups excluding carboxylic acids is 1. The molecule has 0 bridgehead atoms. The van der Waals surface area contributed by atoms with Crippen LogP contribution in [0.25, 0.3) is 0 Å². The van der Waals surface area contributed by atoms with E-state index in [1.165, 1.54) is 0 Å². The summed E-state index contributed by atoms with van der Waals surface area (Å²) in [5.41, 5.74) is 1.35. The average Bonchev–Trinajstić information content (AvgIpc) is 2.59. The van der Waals surface area contributed by atoms with Gasteiger partial charge in [-0.1, -0.05) is 12.1 Å². The normalized spacial score (nSPS) is 21.2. The summed E-state index contributed by atoms with van der Waals surface area (Å²) < 4.78 is 10.4. The second kappa shape index (κ2) is 3.30. The highest BCUT2D eigenvalue weighted by Crippen LogP contribution is 2.24. The van der Waals surface area contributed by atoms with Crippen LogP contribution in [-0.2, 0) is 17.8 Å². The van der Waals surface area contributed by atoms with Crippen molar-refractivity contribution in [3.63, 3.8) is 0 Å². The van der Waals surface area contributed by atoms with Gasteiger partial charge in [-0.3, -0.25) is 4.79 Å². The molecule has 2 rings (SSSR count). The number of aromatic nitrogens is 1. The molecule has 0 saturated carbocycles. The number of fused-ring (bicyclic) bond motifs is 1. The summed E-state index contributed by atoms with van der Waals surface area (Å²) in [6, 6.07) is 0. The summed E-state index contributed by atoms with van der Waals surface area (Å²) in [5.74, 6) is 0.701. The van der Waals surface area contributed by atoms with Crippen LogP contribution in [0.4, 0.5) is 0 Å². The highest BCUT2D eigenvalue weighted by atomic mass is 16.5. The Hall–Kier alpha value is -1.16. The first-order valence-electron chi connectivity index (χ1n) is 4.39. The van der Waals surface area contributed by atoms with Crippen molar-refractivity contribution in [3.05, 3.63) is 17.0 Å². The van der Waals surface area contributed by atoms with Crippen molar-refractivity contribution in [2.45, 2.75) is 32.5 Å². The third-order valence-electron chi connectivity index (χ3n) is 2.35. The molecule has 0 aliphatic carbocycles. The van der Waals surface area contributed by atoms with Crippen molar-refractivity contribution in [1.82, 2.24) is 5.16 Å². The Morgan fingerprint density at radius 2 is 2.54 bits per heavy atom. The van der Waals surface area contributed by atoms with Crippen LogP contribution < -0.4 is 0 Å². The van der Waals surface area contributed by atoms with E-state index in [9.17, 15) is 4.79 Å². The number of hydrogen-bond acceptors (Lipinski definition) is 4. The molecular formula is C9H11NO3. The van der Waals surface area contributed by atoms with Gasteiger partial charge in [-0.15, -0.1) is 0 Å². The zero-order valence-electron chi connectivity index (χ0n) is 7.45. The lowest BCUT2D eigenvalue weighted by Crippen LogP contribution is -2.21. The number of carbonyl (C=O) groups is 1. The largest absolute Gasteiger partial charge is 0.370 e. The molecule has 4 nitrogen and oxygen atoms in total. The van der Waals surface area contributed by atoms with E-state index in [-0.39, 0.29) is 6.10 Å². The Morgan fingerprint density at radius 3 is 3.23 bits per heavy atom. The summed E-state index contributed by atoms with van der Waals surface area (Å²) in [6.07, 6.45) is 2.62. The molecule has 1 atom stereocenters. The maximum atomic E-state index is 10.6. The van der Waals surface area contributed by atoms with Gasteiger partial charge in [0.15, 0.2) is 12.0 Å². The van der Waals surface area contributed by atoms with Crippen LogP contribution in [0.3, 0.4) is 0 Å². The summed E-state index contributed by atoms with van der Waals surface area (Å²) in [6.45, 7) is 2.50. The molecule has 70 valence electrons. The Balaban J connectivity index is 2.30. The SMILES string of the molecule is CCC1Cc2c(C=O)noc2CO1. The van der Waals surface area contributed by atoms with Crippen molar-refractivity contribution >= 4 is 6.29 Å². The Kier molecular flexibility index (Phi) is 2.14. The maximum absolute atomic E-state index is 10.6. The van der Waals surface area contributed by atoms with E-state index in [0.717, 1.165) is 24.7 Å². The molecule has 0 fully saturated rings. The van der Waals surface area contributed by atoms with E-state index < -0.39 is 0 Å². The molecule has 1 unspecified atom stereocenters. The molecule has 0 amide bonds. The van der Waals surface area contributed by atoms with Gasteiger partial charge in [0.05, 0.1) is 6.10 Å². The molecule has 1 aromatic heterocycles. The van der Waals surface area contributed by atoms with E-state index in [2.05, 4.69) is 12.1 Å². The maximum Gasteiger partial charge on any atom is 0.172 e. The fraction of sp³-hybridized carbons (Fsp3) is 0.556. The van der Waals surface area contributed by atoms with Gasteiger partial charge in [-0.05, 0) is 6.42 Å². The molecule has 1 aromatic rings. The van der Waals surface area contributed by atoms with Crippen molar-refractivity contribution in [1.29, 1.82) is 0 Å². The van der Waals surface area contributed by atoms with Crippen molar-refractivity contribution in [2.24, 2.45) is 0 Å². The lowest BCUT2D eigenvalue weighted by molar-refractivity contribution is 0.0131. The molecular weight excluding hydrogens is 170 g/mol. The lowest BCUT2D eigenvalue weighted by Gasteiger charge is -2.19. The van der Waals surface area contributed by atoms with Crippen molar-refractivity contribution < 1.29 is 14.1 Å². The molecule has 0 aromatic carbocycles. The Bertz CT molecular complexity index is 319. The third kappa shape index (κ3) is 1.37. The van der Waals surface area contributed by atoms with Gasteiger partial charge >= 0.3 is 0 Å². The van der Waals surface area contributed by atoms with Crippen LogP contribution in [-0.4, -0.2) is 17.5 Å². The lowest BCUT2D eigenvalue weighted by atomic mass is 10.0. The van der Waals surface area contributed by atoms with Crippen LogP contribution >= 0.6 is 0 Å². The molecule has 0 saturated heterocycles. The van der Waals surface area contributed by atoms with Gasteiger partial charge < -0.3 is 9.26 Å². The predicted octanol–water partition coefficient (Wildman–Crippen LogP) is 1.34. The van der Waals surface area contributed by atoms with Crippen LogP contribution in [0.1, 0.15) is 35.2 Å². The van der Waals surface area contributed by atoms with Gasteiger partial charge in [0.2, 0.25) is 0 Å². The number of ether oxygens (including phenoxy) is 1. The first-order valence-corrected chi connectivity index (χ1v) is 4.39. The second-order valence-corrected chi connectivity index (χ2v) is 3.13. The Labute approximate surface area is 75.9 Å². The molecule has 1 aliphatic heterocycles. The van der Waals surface area contributed by atoms with Gasteiger partial charge in [0.25, 0.3) is 0 Å². The number of rotatable bonds is 2. The van der Waals surface area contributed by atoms with Crippen molar-refractivity contribution in [2.75, 3.05) is 0 Å². The zero-order chi connectivity index (χ0) is 9.26. The minimum Gasteiger partial charge on any atom is -0.370 e. The predicted molar refractivity (Wildman–Crippen MR) is 44.5 cm³/mol. The fourth-order valence-electron chi connectivity index (χ4n) is 1.52. The minimum absolute atomic E-state index is 0.200. The molecule has 4 heteroatoms. The second-order valence-electron chi connectivity index (χ2n) is 3.13. The van der Waals surface area contributed by atoms with Gasteiger partial charge in [-0.25, -0.2) is 0 Å². The first-order chi connectivity index (χ1) is 6.35. The third-order valence-corrected chi connectivity index (χ3v) is 2.35. The zero-order valence-corrected chi connectivity index (χ0v) is 7.45. The average molecular weight is 181 g/mol. The first kappa shape index (κ1) is 8.44. The standard InChI is InChI=1S/C9H11NO3/c1-2-6-3-7-8(4-11)10-13-9(7)5-12-6/h4,6H,2-3,5H2,1H3. The molecule has 13 heavy (non-hydrogen) atoms. The molecule has 0 N–H and O–H groups in total. The number of hydrogen-bond donors (Lipinski definition) is 0. The smallest absolute Gasteiger partial charge is 0.172 e. The van der Waals surface area contributed by atoms with Gasteiger partial charge in [0, 0.05) is 12.0 Å². The quantitative estimate of drug-likeness (QED) is 0.646. The van der Waals surface area contributed by atoms with E-state index in [0.29, 0.717) is 18.1 Å². The van der Waals surface area contributed by atoms with Crippen molar-refractivity contribution in [3.8, 4) is 0 Å². The van der Waals surface area contributed by atoms with Gasteiger partial charge in [0.1, 0.15) is 12.3 Å². The summed E-state index contributed by atoms with van der Waals surface area (Å²) >= 11 is 0. The van der Waals surface area contributed by atoms with Gasteiger partial charge in [-0.2, -0.15) is 0 Å². The molecule has 0 radical (unpaired) electrons.